The van der Waals surface area contributed by atoms with Crippen LogP contribution in [0.2, 0.25) is 0 Å². The molecule has 114 valence electrons. The summed E-state index contributed by atoms with van der Waals surface area (Å²) >= 11 is 1.79. The molecule has 0 unspecified atom stereocenters. The van der Waals surface area contributed by atoms with Crippen LogP contribution in [0.25, 0.3) is 10.4 Å². The zero-order chi connectivity index (χ0) is 15.1. The number of hydrogen-bond donors (Lipinski definition) is 0. The van der Waals surface area contributed by atoms with Crippen LogP contribution in [-0.4, -0.2) is 14.2 Å². The number of benzene rings is 1. The lowest BCUT2D eigenvalue weighted by atomic mass is 10.1. The average molecular weight is 304 g/mol. The van der Waals surface area contributed by atoms with E-state index in [9.17, 15) is 0 Å². The van der Waals surface area contributed by atoms with Crippen molar-refractivity contribution in [2.75, 3.05) is 14.2 Å². The van der Waals surface area contributed by atoms with E-state index in [1.165, 1.54) is 42.5 Å². The lowest BCUT2D eigenvalue weighted by Crippen LogP contribution is -1.89. The third kappa shape index (κ3) is 4.24. The van der Waals surface area contributed by atoms with Gasteiger partial charge in [-0.25, -0.2) is 0 Å². The first kappa shape index (κ1) is 15.9. The molecule has 0 atom stereocenters. The highest BCUT2D eigenvalue weighted by atomic mass is 32.1. The Kier molecular flexibility index (Phi) is 6.12. The summed E-state index contributed by atoms with van der Waals surface area (Å²) in [7, 11) is 3.38. The maximum absolute atomic E-state index is 5.49. The van der Waals surface area contributed by atoms with E-state index in [-0.39, 0.29) is 0 Å². The van der Waals surface area contributed by atoms with Gasteiger partial charge in [-0.3, -0.25) is 0 Å². The number of thiophene rings is 1. The first-order valence-corrected chi connectivity index (χ1v) is 8.46. The van der Waals surface area contributed by atoms with Crippen LogP contribution in [0.5, 0.6) is 11.5 Å². The maximum Gasteiger partial charge on any atom is 0.131 e. The number of methoxy groups -OCH3 is 2. The molecule has 0 spiro atoms. The van der Waals surface area contributed by atoms with Crippen molar-refractivity contribution in [2.24, 2.45) is 0 Å². The number of hydrogen-bond acceptors (Lipinski definition) is 3. The van der Waals surface area contributed by atoms with E-state index in [1.54, 1.807) is 25.6 Å². The van der Waals surface area contributed by atoms with Crippen molar-refractivity contribution in [3.63, 3.8) is 0 Å². The molecule has 0 saturated carbocycles. The molecule has 0 amide bonds. The Hall–Kier alpha value is -1.48. The van der Waals surface area contributed by atoms with Crippen LogP contribution in [0.4, 0.5) is 0 Å². The molecule has 1 aromatic carbocycles. The quantitative estimate of drug-likeness (QED) is 0.595. The van der Waals surface area contributed by atoms with Crippen LogP contribution in [0.1, 0.15) is 38.2 Å². The van der Waals surface area contributed by atoms with E-state index in [1.807, 2.05) is 12.1 Å². The molecule has 1 aromatic heterocycles. The van der Waals surface area contributed by atoms with Gasteiger partial charge in [0, 0.05) is 16.5 Å². The van der Waals surface area contributed by atoms with Gasteiger partial charge in [-0.2, -0.15) is 0 Å². The fourth-order valence-electron chi connectivity index (χ4n) is 2.41. The Morgan fingerprint density at radius 3 is 2.57 bits per heavy atom. The van der Waals surface area contributed by atoms with E-state index in [0.29, 0.717) is 0 Å². The molecule has 0 fully saturated rings. The summed E-state index contributed by atoms with van der Waals surface area (Å²) in [5, 5.41) is 2.27. The summed E-state index contributed by atoms with van der Waals surface area (Å²) < 4.78 is 10.7. The molecule has 0 aliphatic carbocycles. The van der Waals surface area contributed by atoms with Crippen molar-refractivity contribution in [2.45, 2.75) is 39.0 Å². The van der Waals surface area contributed by atoms with E-state index in [2.05, 4.69) is 24.4 Å². The van der Waals surface area contributed by atoms with E-state index in [4.69, 9.17) is 9.47 Å². The second kappa shape index (κ2) is 8.08. The molecule has 21 heavy (non-hydrogen) atoms. The molecule has 0 radical (unpaired) electrons. The van der Waals surface area contributed by atoms with Gasteiger partial charge >= 0.3 is 0 Å². The van der Waals surface area contributed by atoms with Crippen LogP contribution in [0.3, 0.4) is 0 Å². The third-order valence-corrected chi connectivity index (χ3v) is 4.66. The molecule has 2 nitrogen and oxygen atoms in total. The molecular formula is C18H24O2S. The molecule has 0 bridgehead atoms. The number of rotatable bonds is 8. The summed E-state index contributed by atoms with van der Waals surface area (Å²) in [6, 6.07) is 8.29. The summed E-state index contributed by atoms with van der Waals surface area (Å²) in [6.07, 6.45) is 6.41. The van der Waals surface area contributed by atoms with Gasteiger partial charge in [-0.05, 0) is 42.0 Å². The lowest BCUT2D eigenvalue weighted by molar-refractivity contribution is 0.395. The lowest BCUT2D eigenvalue weighted by Gasteiger charge is -2.08. The van der Waals surface area contributed by atoms with Crippen molar-refractivity contribution in [3.8, 4) is 21.9 Å². The van der Waals surface area contributed by atoms with Crippen LogP contribution in [-0.2, 0) is 6.42 Å². The van der Waals surface area contributed by atoms with Crippen LogP contribution in [0.15, 0.2) is 29.6 Å². The molecule has 0 N–H and O–H groups in total. The molecule has 2 aromatic rings. The topological polar surface area (TPSA) is 18.5 Å². The molecular weight excluding hydrogens is 280 g/mol. The second-order valence-corrected chi connectivity index (χ2v) is 6.11. The Morgan fingerprint density at radius 1 is 1.00 bits per heavy atom. The Bertz CT molecular complexity index is 560. The third-order valence-electron chi connectivity index (χ3n) is 3.65. The van der Waals surface area contributed by atoms with E-state index >= 15 is 0 Å². The van der Waals surface area contributed by atoms with Crippen LogP contribution in [0, 0.1) is 0 Å². The summed E-state index contributed by atoms with van der Waals surface area (Å²) in [6.45, 7) is 2.25. The first-order chi connectivity index (χ1) is 10.3. The molecule has 0 saturated heterocycles. The van der Waals surface area contributed by atoms with E-state index in [0.717, 1.165) is 17.1 Å². The SMILES string of the molecule is CCCCCCc1csc(-c2ccc(OC)cc2OC)c1. The van der Waals surface area contributed by atoms with Gasteiger partial charge in [0.05, 0.1) is 14.2 Å². The smallest absolute Gasteiger partial charge is 0.131 e. The fourth-order valence-corrected chi connectivity index (χ4v) is 3.39. The first-order valence-electron chi connectivity index (χ1n) is 7.58. The minimum absolute atomic E-state index is 0.826. The van der Waals surface area contributed by atoms with E-state index < -0.39 is 0 Å². The number of aryl methyl sites for hydroxylation is 1. The van der Waals surface area contributed by atoms with Gasteiger partial charge in [0.15, 0.2) is 0 Å². The average Bonchev–Trinajstić information content (AvgIpc) is 2.99. The van der Waals surface area contributed by atoms with Crippen LogP contribution >= 0.6 is 11.3 Å². The van der Waals surface area contributed by atoms with Crippen LogP contribution < -0.4 is 9.47 Å². The van der Waals surface area contributed by atoms with Crippen molar-refractivity contribution in [1.29, 1.82) is 0 Å². The largest absolute Gasteiger partial charge is 0.497 e. The van der Waals surface area contributed by atoms with Gasteiger partial charge in [0.1, 0.15) is 11.5 Å². The predicted octanol–water partition coefficient (Wildman–Crippen LogP) is 5.56. The highest BCUT2D eigenvalue weighted by Gasteiger charge is 2.10. The van der Waals surface area contributed by atoms with Gasteiger partial charge in [0.25, 0.3) is 0 Å². The van der Waals surface area contributed by atoms with Crippen molar-refractivity contribution in [3.05, 3.63) is 35.2 Å². The summed E-state index contributed by atoms with van der Waals surface area (Å²) in [4.78, 5) is 1.26. The van der Waals surface area contributed by atoms with Gasteiger partial charge < -0.3 is 9.47 Å². The minimum Gasteiger partial charge on any atom is -0.497 e. The molecule has 2 rings (SSSR count). The highest BCUT2D eigenvalue weighted by Crippen LogP contribution is 2.37. The van der Waals surface area contributed by atoms with Crippen molar-refractivity contribution >= 4 is 11.3 Å². The minimum atomic E-state index is 0.826. The standard InChI is InChI=1S/C18H24O2S/c1-4-5-6-7-8-14-11-18(21-13-14)16-10-9-15(19-2)12-17(16)20-3/h9-13H,4-8H2,1-3H3. The van der Waals surface area contributed by atoms with Crippen molar-refractivity contribution in [1.82, 2.24) is 0 Å². The van der Waals surface area contributed by atoms with Gasteiger partial charge in [-0.1, -0.05) is 26.2 Å². The summed E-state index contributed by atoms with van der Waals surface area (Å²) in [5.41, 5.74) is 2.58. The monoisotopic (exact) mass is 304 g/mol. The number of ether oxygens (including phenoxy) is 2. The maximum atomic E-state index is 5.49. The zero-order valence-corrected chi connectivity index (χ0v) is 14.0. The van der Waals surface area contributed by atoms with Gasteiger partial charge in [0.2, 0.25) is 0 Å². The number of unbranched alkanes of at least 4 members (excludes halogenated alkanes) is 3. The molecule has 3 heteroatoms. The Labute approximate surface area is 131 Å². The highest BCUT2D eigenvalue weighted by molar-refractivity contribution is 7.13. The Morgan fingerprint density at radius 2 is 1.86 bits per heavy atom. The second-order valence-electron chi connectivity index (χ2n) is 5.20. The Balaban J connectivity index is 2.10. The zero-order valence-electron chi connectivity index (χ0n) is 13.1. The summed E-state index contributed by atoms with van der Waals surface area (Å²) in [5.74, 6) is 1.70. The fraction of sp³-hybridized carbons (Fsp3) is 0.444. The molecule has 0 aliphatic heterocycles. The normalized spacial score (nSPS) is 10.6. The van der Waals surface area contributed by atoms with Gasteiger partial charge in [-0.15, -0.1) is 11.3 Å². The van der Waals surface area contributed by atoms with Crippen molar-refractivity contribution < 1.29 is 9.47 Å². The molecule has 1 heterocycles. The predicted molar refractivity (Wildman–Crippen MR) is 90.7 cm³/mol. The molecule has 0 aliphatic rings.